The van der Waals surface area contributed by atoms with Gasteiger partial charge in [-0.1, -0.05) is 24.4 Å². The first kappa shape index (κ1) is 12.7. The van der Waals surface area contributed by atoms with E-state index in [-0.39, 0.29) is 5.82 Å². The molecule has 17 heavy (non-hydrogen) atoms. The summed E-state index contributed by atoms with van der Waals surface area (Å²) in [6.45, 7) is 1.73. The third kappa shape index (κ3) is 2.02. The monoisotopic (exact) mass is 257 g/mol. The highest BCUT2D eigenvalue weighted by molar-refractivity contribution is 6.32. The van der Waals surface area contributed by atoms with Crippen LogP contribution in [0.4, 0.5) is 4.39 Å². The molecule has 1 aromatic carbocycles. The fraction of sp³-hybridized carbons (Fsp3) is 0.538. The second kappa shape index (κ2) is 4.46. The van der Waals surface area contributed by atoms with Crippen molar-refractivity contribution in [1.29, 1.82) is 0 Å². The number of ether oxygens (including phenoxy) is 1. The molecule has 0 radical (unpaired) electrons. The number of halogens is 2. The molecule has 4 heteroatoms. The lowest BCUT2D eigenvalue weighted by molar-refractivity contribution is 0.375. The molecule has 2 N–H and O–H groups in total. The van der Waals surface area contributed by atoms with Crippen LogP contribution in [-0.4, -0.2) is 7.11 Å². The molecule has 1 aromatic rings. The van der Waals surface area contributed by atoms with Gasteiger partial charge in [-0.3, -0.25) is 0 Å². The number of nitrogens with two attached hydrogens (primary N) is 1. The van der Waals surface area contributed by atoms with E-state index in [2.05, 4.69) is 0 Å². The number of rotatable bonds is 2. The Bertz CT molecular complexity index is 442. The van der Waals surface area contributed by atoms with E-state index < -0.39 is 5.54 Å². The smallest absolute Gasteiger partial charge is 0.142 e. The third-order valence-corrected chi connectivity index (χ3v) is 3.91. The quantitative estimate of drug-likeness (QED) is 0.880. The van der Waals surface area contributed by atoms with E-state index in [9.17, 15) is 4.39 Å². The molecular formula is C13H17ClFNO. The van der Waals surface area contributed by atoms with Crippen LogP contribution in [0.5, 0.6) is 5.75 Å². The van der Waals surface area contributed by atoms with Crippen LogP contribution in [0.2, 0.25) is 5.02 Å². The third-order valence-electron chi connectivity index (χ3n) is 3.63. The second-order valence-electron chi connectivity index (χ2n) is 4.74. The van der Waals surface area contributed by atoms with Crippen LogP contribution in [0.25, 0.3) is 0 Å². The van der Waals surface area contributed by atoms with Crippen molar-refractivity contribution >= 4 is 11.6 Å². The fourth-order valence-electron chi connectivity index (χ4n) is 2.75. The maximum Gasteiger partial charge on any atom is 0.142 e. The molecule has 2 rings (SSSR count). The molecule has 0 atom stereocenters. The number of benzene rings is 1. The maximum absolute atomic E-state index is 13.8. The van der Waals surface area contributed by atoms with Gasteiger partial charge in [0.05, 0.1) is 12.1 Å². The predicted octanol–water partition coefficient (Wildman–Crippen LogP) is 3.52. The molecule has 0 aromatic heterocycles. The summed E-state index contributed by atoms with van der Waals surface area (Å²) in [7, 11) is 1.54. The second-order valence-corrected chi connectivity index (χ2v) is 5.14. The Morgan fingerprint density at radius 2 is 2.00 bits per heavy atom. The van der Waals surface area contributed by atoms with Gasteiger partial charge in [0, 0.05) is 11.1 Å². The van der Waals surface area contributed by atoms with Gasteiger partial charge in [0.2, 0.25) is 0 Å². The molecule has 0 saturated heterocycles. The molecule has 1 aliphatic carbocycles. The summed E-state index contributed by atoms with van der Waals surface area (Å²) < 4.78 is 19.1. The Hall–Kier alpha value is -0.800. The molecule has 0 spiro atoms. The summed E-state index contributed by atoms with van der Waals surface area (Å²) in [6, 6.07) is 1.29. The van der Waals surface area contributed by atoms with E-state index in [0.717, 1.165) is 31.2 Å². The molecule has 94 valence electrons. The molecule has 0 unspecified atom stereocenters. The van der Waals surface area contributed by atoms with Gasteiger partial charge >= 0.3 is 0 Å². The lowest BCUT2D eigenvalue weighted by Gasteiger charge is -2.29. The van der Waals surface area contributed by atoms with Crippen LogP contribution >= 0.6 is 11.6 Å². The van der Waals surface area contributed by atoms with E-state index in [0.29, 0.717) is 16.3 Å². The topological polar surface area (TPSA) is 35.2 Å². The van der Waals surface area contributed by atoms with E-state index in [4.69, 9.17) is 22.1 Å². The molecule has 2 nitrogen and oxygen atoms in total. The van der Waals surface area contributed by atoms with Crippen molar-refractivity contribution in [3.63, 3.8) is 0 Å². The van der Waals surface area contributed by atoms with Gasteiger partial charge < -0.3 is 10.5 Å². The first-order chi connectivity index (χ1) is 7.99. The minimum Gasteiger partial charge on any atom is -0.495 e. The average Bonchev–Trinajstić information content (AvgIpc) is 2.71. The van der Waals surface area contributed by atoms with Crippen LogP contribution < -0.4 is 10.5 Å². The summed E-state index contributed by atoms with van der Waals surface area (Å²) in [5.74, 6) is 0.206. The Kier molecular flexibility index (Phi) is 3.32. The molecule has 0 bridgehead atoms. The lowest BCUT2D eigenvalue weighted by Crippen LogP contribution is -2.34. The highest BCUT2D eigenvalue weighted by Gasteiger charge is 2.36. The van der Waals surface area contributed by atoms with Gasteiger partial charge in [0.15, 0.2) is 0 Å². The largest absolute Gasteiger partial charge is 0.495 e. The van der Waals surface area contributed by atoms with Crippen molar-refractivity contribution in [3.05, 3.63) is 28.0 Å². The van der Waals surface area contributed by atoms with E-state index in [1.54, 1.807) is 14.0 Å². The van der Waals surface area contributed by atoms with Crippen LogP contribution in [0, 0.1) is 12.7 Å². The lowest BCUT2D eigenvalue weighted by atomic mass is 9.85. The van der Waals surface area contributed by atoms with Crippen LogP contribution in [0.3, 0.4) is 0 Å². The number of hydrogen-bond donors (Lipinski definition) is 1. The van der Waals surface area contributed by atoms with Gasteiger partial charge in [0.25, 0.3) is 0 Å². The first-order valence-electron chi connectivity index (χ1n) is 5.81. The Labute approximate surface area is 106 Å². The molecule has 1 saturated carbocycles. The first-order valence-corrected chi connectivity index (χ1v) is 6.19. The highest BCUT2D eigenvalue weighted by atomic mass is 35.5. The SMILES string of the molecule is COc1c(Cl)cc(F)c(C)c1C1(N)CCCC1. The van der Waals surface area contributed by atoms with Crippen LogP contribution in [0.15, 0.2) is 6.07 Å². The van der Waals surface area contributed by atoms with Gasteiger partial charge in [0.1, 0.15) is 11.6 Å². The Morgan fingerprint density at radius 3 is 2.53 bits per heavy atom. The molecular weight excluding hydrogens is 241 g/mol. The van der Waals surface area contributed by atoms with Crippen LogP contribution in [0.1, 0.15) is 36.8 Å². The predicted molar refractivity (Wildman–Crippen MR) is 67.0 cm³/mol. The van der Waals surface area contributed by atoms with Gasteiger partial charge in [-0.2, -0.15) is 0 Å². The van der Waals surface area contributed by atoms with Crippen molar-refractivity contribution in [3.8, 4) is 5.75 Å². The van der Waals surface area contributed by atoms with E-state index in [1.165, 1.54) is 6.07 Å². The molecule has 0 aliphatic heterocycles. The van der Waals surface area contributed by atoms with Crippen molar-refractivity contribution in [2.75, 3.05) is 7.11 Å². The molecule has 0 amide bonds. The van der Waals surface area contributed by atoms with Crippen molar-refractivity contribution in [2.24, 2.45) is 5.73 Å². The summed E-state index contributed by atoms with van der Waals surface area (Å²) in [5.41, 5.74) is 7.18. The van der Waals surface area contributed by atoms with Crippen molar-refractivity contribution < 1.29 is 9.13 Å². The fourth-order valence-corrected chi connectivity index (χ4v) is 3.02. The summed E-state index contributed by atoms with van der Waals surface area (Å²) >= 11 is 6.03. The summed E-state index contributed by atoms with van der Waals surface area (Å²) in [4.78, 5) is 0. The zero-order valence-electron chi connectivity index (χ0n) is 10.1. The Balaban J connectivity index is 2.65. The molecule has 0 heterocycles. The Morgan fingerprint density at radius 1 is 1.41 bits per heavy atom. The summed E-state index contributed by atoms with van der Waals surface area (Å²) in [5, 5.41) is 0.294. The molecule has 1 fully saturated rings. The maximum atomic E-state index is 13.8. The zero-order chi connectivity index (χ0) is 12.6. The molecule has 1 aliphatic rings. The average molecular weight is 258 g/mol. The van der Waals surface area contributed by atoms with E-state index in [1.807, 2.05) is 0 Å². The minimum absolute atomic E-state index is 0.294. The van der Waals surface area contributed by atoms with Gasteiger partial charge in [-0.25, -0.2) is 4.39 Å². The normalized spacial score (nSPS) is 18.4. The van der Waals surface area contributed by atoms with Crippen molar-refractivity contribution in [2.45, 2.75) is 38.1 Å². The number of hydrogen-bond acceptors (Lipinski definition) is 2. The van der Waals surface area contributed by atoms with Gasteiger partial charge in [-0.15, -0.1) is 0 Å². The van der Waals surface area contributed by atoms with Crippen molar-refractivity contribution in [1.82, 2.24) is 0 Å². The minimum atomic E-state index is -0.499. The van der Waals surface area contributed by atoms with Crippen LogP contribution in [-0.2, 0) is 5.54 Å². The standard InChI is InChI=1S/C13H17ClFNO/c1-8-10(15)7-9(14)12(17-2)11(8)13(16)5-3-4-6-13/h7H,3-6,16H2,1-2H3. The summed E-state index contributed by atoms with van der Waals surface area (Å²) in [6.07, 6.45) is 3.83. The number of methoxy groups -OCH3 is 1. The zero-order valence-corrected chi connectivity index (χ0v) is 10.9. The van der Waals surface area contributed by atoms with Gasteiger partial charge in [-0.05, 0) is 31.4 Å². The van der Waals surface area contributed by atoms with E-state index >= 15 is 0 Å². The highest BCUT2D eigenvalue weighted by Crippen LogP contribution is 2.45.